The SMILES string of the molecule is Cc1ccccc1C1CCN(C(=O)C2CCCCN2CCCc2cccc3c2CN(C2CCC(=O)NC2=O)C3=O)CC1. The van der Waals surface area contributed by atoms with Crippen LogP contribution in [0.5, 0.6) is 0 Å². The number of carbonyl (C=O) groups excluding carboxylic acids is 4. The minimum absolute atomic E-state index is 0.0418. The van der Waals surface area contributed by atoms with E-state index in [1.165, 1.54) is 11.1 Å². The number of likely N-dealkylation sites (tertiary alicyclic amines) is 2. The van der Waals surface area contributed by atoms with Crippen LogP contribution in [0, 0.1) is 6.92 Å². The molecule has 0 radical (unpaired) electrons. The summed E-state index contributed by atoms with van der Waals surface area (Å²) in [6.07, 6.45) is 7.53. The number of carbonyl (C=O) groups is 4. The van der Waals surface area contributed by atoms with Crippen molar-refractivity contribution in [2.24, 2.45) is 0 Å². The molecule has 2 aromatic carbocycles. The Kier molecular flexibility index (Phi) is 8.43. The largest absolute Gasteiger partial charge is 0.341 e. The Morgan fingerprint density at radius 3 is 2.52 bits per heavy atom. The van der Waals surface area contributed by atoms with Gasteiger partial charge in [-0.25, -0.2) is 0 Å². The van der Waals surface area contributed by atoms with Crippen molar-refractivity contribution in [3.8, 4) is 0 Å². The fourth-order valence-corrected chi connectivity index (χ4v) is 7.56. The maximum absolute atomic E-state index is 13.7. The minimum atomic E-state index is -0.600. The first-order valence-electron chi connectivity index (χ1n) is 15.7. The molecule has 4 aliphatic heterocycles. The van der Waals surface area contributed by atoms with Gasteiger partial charge in [-0.15, -0.1) is 0 Å². The van der Waals surface area contributed by atoms with Gasteiger partial charge in [-0.05, 0) is 99.2 Å². The highest BCUT2D eigenvalue weighted by atomic mass is 16.2. The molecule has 0 spiro atoms. The molecule has 2 aromatic rings. The number of piperidine rings is 3. The van der Waals surface area contributed by atoms with Gasteiger partial charge in [-0.2, -0.15) is 0 Å². The molecular formula is C34H42N4O4. The van der Waals surface area contributed by atoms with Crippen molar-refractivity contribution in [1.29, 1.82) is 0 Å². The van der Waals surface area contributed by atoms with Crippen LogP contribution in [-0.2, 0) is 27.3 Å². The van der Waals surface area contributed by atoms with Crippen LogP contribution in [0.4, 0.5) is 0 Å². The number of benzene rings is 2. The van der Waals surface area contributed by atoms with Crippen LogP contribution in [-0.4, -0.2) is 76.6 Å². The van der Waals surface area contributed by atoms with E-state index in [4.69, 9.17) is 0 Å². The molecule has 4 amide bonds. The van der Waals surface area contributed by atoms with Crippen LogP contribution in [0.25, 0.3) is 0 Å². The number of nitrogens with one attached hydrogen (secondary N) is 1. The minimum Gasteiger partial charge on any atom is -0.341 e. The second-order valence-electron chi connectivity index (χ2n) is 12.5. The summed E-state index contributed by atoms with van der Waals surface area (Å²) in [4.78, 5) is 57.1. The monoisotopic (exact) mass is 570 g/mol. The van der Waals surface area contributed by atoms with Gasteiger partial charge in [-0.3, -0.25) is 29.4 Å². The molecule has 0 aliphatic carbocycles. The fourth-order valence-electron chi connectivity index (χ4n) is 7.56. The molecule has 4 heterocycles. The summed E-state index contributed by atoms with van der Waals surface area (Å²) >= 11 is 0. The van der Waals surface area contributed by atoms with Crippen LogP contribution in [0.1, 0.15) is 89.9 Å². The third kappa shape index (κ3) is 5.74. The van der Waals surface area contributed by atoms with Crippen LogP contribution >= 0.6 is 0 Å². The molecule has 4 aliphatic rings. The lowest BCUT2D eigenvalue weighted by Crippen LogP contribution is -2.52. The topological polar surface area (TPSA) is 90.0 Å². The van der Waals surface area contributed by atoms with Gasteiger partial charge in [-0.1, -0.05) is 42.8 Å². The van der Waals surface area contributed by atoms with Gasteiger partial charge in [0.1, 0.15) is 6.04 Å². The predicted octanol–water partition coefficient (Wildman–Crippen LogP) is 3.95. The summed E-state index contributed by atoms with van der Waals surface area (Å²) in [5, 5.41) is 2.38. The highest BCUT2D eigenvalue weighted by Crippen LogP contribution is 2.32. The molecule has 3 fully saturated rings. The van der Waals surface area contributed by atoms with Crippen molar-refractivity contribution in [3.63, 3.8) is 0 Å². The maximum atomic E-state index is 13.7. The maximum Gasteiger partial charge on any atom is 0.255 e. The summed E-state index contributed by atoms with van der Waals surface area (Å²) in [5.41, 5.74) is 5.57. The van der Waals surface area contributed by atoms with E-state index in [-0.39, 0.29) is 30.2 Å². The third-order valence-corrected chi connectivity index (χ3v) is 9.90. The van der Waals surface area contributed by atoms with E-state index < -0.39 is 6.04 Å². The number of imide groups is 1. The lowest BCUT2D eigenvalue weighted by Gasteiger charge is -2.40. The number of amides is 4. The average molecular weight is 571 g/mol. The van der Waals surface area contributed by atoms with E-state index in [0.29, 0.717) is 30.4 Å². The first kappa shape index (κ1) is 28.6. The molecule has 2 atom stereocenters. The second kappa shape index (κ2) is 12.4. The van der Waals surface area contributed by atoms with E-state index in [9.17, 15) is 19.2 Å². The lowest BCUT2D eigenvalue weighted by molar-refractivity contribution is -0.139. The highest BCUT2D eigenvalue weighted by Gasteiger charge is 2.40. The molecule has 6 rings (SSSR count). The zero-order valence-electron chi connectivity index (χ0n) is 24.6. The second-order valence-corrected chi connectivity index (χ2v) is 12.5. The van der Waals surface area contributed by atoms with Gasteiger partial charge in [0.2, 0.25) is 17.7 Å². The molecule has 1 N–H and O–H groups in total. The number of rotatable bonds is 7. The Hall–Kier alpha value is -3.52. The Morgan fingerprint density at radius 1 is 0.929 bits per heavy atom. The molecule has 0 aromatic heterocycles. The average Bonchev–Trinajstić information content (AvgIpc) is 3.34. The lowest BCUT2D eigenvalue weighted by atomic mass is 9.86. The summed E-state index contributed by atoms with van der Waals surface area (Å²) in [6.45, 7) is 6.05. The number of hydrogen-bond donors (Lipinski definition) is 1. The molecular weight excluding hydrogens is 528 g/mol. The van der Waals surface area contributed by atoms with Crippen molar-refractivity contribution < 1.29 is 19.2 Å². The molecule has 0 bridgehead atoms. The normalized spacial score (nSPS) is 23.7. The zero-order valence-corrected chi connectivity index (χ0v) is 24.6. The first-order chi connectivity index (χ1) is 20.4. The zero-order chi connectivity index (χ0) is 29.2. The first-order valence-corrected chi connectivity index (χ1v) is 15.7. The summed E-state index contributed by atoms with van der Waals surface area (Å²) < 4.78 is 0. The Balaban J connectivity index is 1.05. The molecule has 0 saturated carbocycles. The van der Waals surface area contributed by atoms with Gasteiger partial charge in [0.25, 0.3) is 5.91 Å². The Labute approximate surface area is 248 Å². The summed E-state index contributed by atoms with van der Waals surface area (Å²) in [7, 11) is 0. The summed E-state index contributed by atoms with van der Waals surface area (Å²) in [5.74, 6) is 0.0397. The quantitative estimate of drug-likeness (QED) is 0.510. The molecule has 3 saturated heterocycles. The number of fused-ring (bicyclic) bond motifs is 1. The van der Waals surface area contributed by atoms with Crippen LogP contribution in [0.3, 0.4) is 0 Å². The number of hydrogen-bond acceptors (Lipinski definition) is 5. The van der Waals surface area contributed by atoms with E-state index in [1.54, 1.807) is 4.90 Å². The molecule has 8 heteroatoms. The van der Waals surface area contributed by atoms with Gasteiger partial charge < -0.3 is 9.80 Å². The molecule has 222 valence electrons. The Morgan fingerprint density at radius 2 is 1.74 bits per heavy atom. The van der Waals surface area contributed by atoms with Crippen molar-refractivity contribution >= 4 is 23.6 Å². The van der Waals surface area contributed by atoms with Crippen LogP contribution in [0.2, 0.25) is 0 Å². The van der Waals surface area contributed by atoms with Gasteiger partial charge >= 0.3 is 0 Å². The standard InChI is InChI=1S/C34H42N4O4/c1-23-8-2-3-11-26(23)25-16-20-37(21-17-25)34(42)30-13-4-5-18-36(30)19-7-10-24-9-6-12-27-28(24)22-38(33(27)41)29-14-15-31(39)35-32(29)40/h2-3,6,8-9,11-12,25,29-30H,4-5,7,10,13-22H2,1H3,(H,35,39,40). The smallest absolute Gasteiger partial charge is 0.255 e. The third-order valence-electron chi connectivity index (χ3n) is 9.90. The van der Waals surface area contributed by atoms with Gasteiger partial charge in [0, 0.05) is 31.6 Å². The predicted molar refractivity (Wildman–Crippen MR) is 160 cm³/mol. The fraction of sp³-hybridized carbons (Fsp3) is 0.529. The van der Waals surface area contributed by atoms with Crippen LogP contribution < -0.4 is 5.32 Å². The molecule has 2 unspecified atom stereocenters. The Bertz CT molecular complexity index is 1370. The van der Waals surface area contributed by atoms with E-state index in [1.807, 2.05) is 12.1 Å². The van der Waals surface area contributed by atoms with Crippen molar-refractivity contribution in [2.45, 2.75) is 89.3 Å². The van der Waals surface area contributed by atoms with Gasteiger partial charge in [0.15, 0.2) is 0 Å². The molecule has 8 nitrogen and oxygen atoms in total. The van der Waals surface area contributed by atoms with Crippen molar-refractivity contribution in [2.75, 3.05) is 26.2 Å². The van der Waals surface area contributed by atoms with Crippen LogP contribution in [0.15, 0.2) is 42.5 Å². The van der Waals surface area contributed by atoms with E-state index >= 15 is 0 Å². The van der Waals surface area contributed by atoms with Crippen molar-refractivity contribution in [1.82, 2.24) is 20.0 Å². The highest BCUT2D eigenvalue weighted by molar-refractivity contribution is 6.05. The van der Waals surface area contributed by atoms with E-state index in [2.05, 4.69) is 52.4 Å². The number of nitrogens with zero attached hydrogens (tertiary/aromatic N) is 3. The number of aryl methyl sites for hydroxylation is 2. The summed E-state index contributed by atoms with van der Waals surface area (Å²) in [6, 6.07) is 13.8. The van der Waals surface area contributed by atoms with Crippen molar-refractivity contribution in [3.05, 3.63) is 70.3 Å². The molecule has 42 heavy (non-hydrogen) atoms. The van der Waals surface area contributed by atoms with E-state index in [0.717, 1.165) is 82.3 Å². The van der Waals surface area contributed by atoms with Gasteiger partial charge in [0.05, 0.1) is 6.04 Å².